The zero-order valence-corrected chi connectivity index (χ0v) is 14.4. The van der Waals surface area contributed by atoms with Crippen LogP contribution in [0.25, 0.3) is 21.1 Å². The first-order valence-corrected chi connectivity index (χ1v) is 9.02. The van der Waals surface area contributed by atoms with Gasteiger partial charge in [-0.05, 0) is 30.2 Å². The molecule has 0 atom stereocenters. The number of benzene rings is 2. The van der Waals surface area contributed by atoms with Crippen LogP contribution in [-0.4, -0.2) is 22.5 Å². The van der Waals surface area contributed by atoms with Crippen molar-refractivity contribution in [1.82, 2.24) is 20.6 Å². The van der Waals surface area contributed by atoms with Crippen LogP contribution in [0, 0.1) is 0 Å². The number of urea groups is 1. The highest BCUT2D eigenvalue weighted by molar-refractivity contribution is 7.18. The van der Waals surface area contributed by atoms with Crippen LogP contribution in [0.15, 0.2) is 54.7 Å². The van der Waals surface area contributed by atoms with Gasteiger partial charge in [0.1, 0.15) is 5.01 Å². The predicted molar refractivity (Wildman–Crippen MR) is 102 cm³/mol. The minimum Gasteiger partial charge on any atom is -0.361 e. The van der Waals surface area contributed by atoms with Crippen molar-refractivity contribution in [3.8, 4) is 0 Å². The maximum absolute atomic E-state index is 12.0. The summed E-state index contributed by atoms with van der Waals surface area (Å²) in [6.45, 7) is 1.03. The van der Waals surface area contributed by atoms with Crippen molar-refractivity contribution < 1.29 is 4.79 Å². The van der Waals surface area contributed by atoms with Crippen LogP contribution in [0.4, 0.5) is 4.79 Å². The van der Waals surface area contributed by atoms with E-state index < -0.39 is 0 Å². The van der Waals surface area contributed by atoms with E-state index in [4.69, 9.17) is 0 Å². The van der Waals surface area contributed by atoms with Crippen molar-refractivity contribution in [3.63, 3.8) is 0 Å². The van der Waals surface area contributed by atoms with Gasteiger partial charge in [-0.25, -0.2) is 9.78 Å². The lowest BCUT2D eigenvalue weighted by Gasteiger charge is -2.06. The molecule has 0 saturated carbocycles. The highest BCUT2D eigenvalue weighted by Gasteiger charge is 2.06. The third-order valence-corrected chi connectivity index (χ3v) is 5.13. The van der Waals surface area contributed by atoms with Crippen LogP contribution < -0.4 is 10.6 Å². The van der Waals surface area contributed by atoms with Gasteiger partial charge in [0.15, 0.2) is 0 Å². The minimum atomic E-state index is -0.168. The van der Waals surface area contributed by atoms with Gasteiger partial charge >= 0.3 is 6.03 Å². The van der Waals surface area contributed by atoms with Crippen molar-refractivity contribution in [1.29, 1.82) is 0 Å². The monoisotopic (exact) mass is 350 g/mol. The Kier molecular flexibility index (Phi) is 4.35. The standard InChI is InChI=1S/C19H18N4OS/c24-19(22-12-18-23-16-7-3-4-8-17(16)25-18)20-10-9-13-11-21-15-6-2-1-5-14(13)15/h1-8,11,21H,9-10,12H2,(H2,20,22,24). The van der Waals surface area contributed by atoms with Gasteiger partial charge in [-0.15, -0.1) is 11.3 Å². The number of nitrogens with zero attached hydrogens (tertiary/aromatic N) is 1. The van der Waals surface area contributed by atoms with Crippen LogP contribution in [-0.2, 0) is 13.0 Å². The minimum absolute atomic E-state index is 0.168. The molecule has 2 aromatic heterocycles. The summed E-state index contributed by atoms with van der Waals surface area (Å²) < 4.78 is 1.14. The lowest BCUT2D eigenvalue weighted by atomic mass is 10.1. The van der Waals surface area contributed by atoms with E-state index in [9.17, 15) is 4.79 Å². The molecule has 2 aromatic carbocycles. The molecule has 5 nitrogen and oxygen atoms in total. The number of H-pyrrole nitrogens is 1. The largest absolute Gasteiger partial charge is 0.361 e. The Labute approximate surface area is 149 Å². The fourth-order valence-electron chi connectivity index (χ4n) is 2.86. The van der Waals surface area contributed by atoms with Crippen molar-refractivity contribution in [2.45, 2.75) is 13.0 Å². The van der Waals surface area contributed by atoms with Crippen molar-refractivity contribution in [2.24, 2.45) is 0 Å². The molecule has 2 amide bonds. The van der Waals surface area contributed by atoms with Crippen LogP contribution in [0.5, 0.6) is 0 Å². The van der Waals surface area contributed by atoms with E-state index in [0.29, 0.717) is 13.1 Å². The number of hydrogen-bond donors (Lipinski definition) is 3. The highest BCUT2D eigenvalue weighted by Crippen LogP contribution is 2.21. The number of carbonyl (C=O) groups is 1. The Balaban J connectivity index is 1.27. The fourth-order valence-corrected chi connectivity index (χ4v) is 3.77. The second-order valence-electron chi connectivity index (χ2n) is 5.79. The van der Waals surface area contributed by atoms with Gasteiger partial charge in [0, 0.05) is 23.6 Å². The molecule has 6 heteroatoms. The predicted octanol–water partition coefficient (Wildman–Crippen LogP) is 3.82. The van der Waals surface area contributed by atoms with Gasteiger partial charge in [-0.3, -0.25) is 0 Å². The lowest BCUT2D eigenvalue weighted by Crippen LogP contribution is -2.36. The summed E-state index contributed by atoms with van der Waals surface area (Å²) in [5, 5.41) is 7.89. The summed E-state index contributed by atoms with van der Waals surface area (Å²) in [7, 11) is 0. The summed E-state index contributed by atoms with van der Waals surface area (Å²) in [5.41, 5.74) is 3.31. The number of fused-ring (bicyclic) bond motifs is 2. The normalized spacial score (nSPS) is 11.0. The lowest BCUT2D eigenvalue weighted by molar-refractivity contribution is 0.240. The Morgan fingerprint density at radius 3 is 2.84 bits per heavy atom. The number of thiazole rings is 1. The van der Waals surface area contributed by atoms with Gasteiger partial charge in [0.25, 0.3) is 0 Å². The molecule has 25 heavy (non-hydrogen) atoms. The van der Waals surface area contributed by atoms with Crippen molar-refractivity contribution in [2.75, 3.05) is 6.54 Å². The number of hydrogen-bond acceptors (Lipinski definition) is 3. The molecule has 0 aliphatic rings. The Bertz CT molecular complexity index is 987. The molecule has 0 bridgehead atoms. The quantitative estimate of drug-likeness (QED) is 0.512. The summed E-state index contributed by atoms with van der Waals surface area (Å²) in [5.74, 6) is 0. The van der Waals surface area contributed by atoms with E-state index in [-0.39, 0.29) is 6.03 Å². The molecule has 0 radical (unpaired) electrons. The van der Waals surface area contributed by atoms with Crippen molar-refractivity contribution in [3.05, 3.63) is 65.3 Å². The third kappa shape index (κ3) is 3.49. The number of carbonyl (C=O) groups excluding carboxylic acids is 1. The summed E-state index contributed by atoms with van der Waals surface area (Å²) >= 11 is 1.60. The van der Waals surface area contributed by atoms with E-state index in [1.165, 1.54) is 10.9 Å². The van der Waals surface area contributed by atoms with Crippen LogP contribution >= 0.6 is 11.3 Å². The van der Waals surface area contributed by atoms with Crippen LogP contribution in [0.2, 0.25) is 0 Å². The number of aromatic amines is 1. The molecule has 4 rings (SSSR count). The summed E-state index contributed by atoms with van der Waals surface area (Å²) in [6.07, 6.45) is 2.80. The average molecular weight is 350 g/mol. The van der Waals surface area contributed by atoms with Crippen LogP contribution in [0.1, 0.15) is 10.6 Å². The molecule has 126 valence electrons. The van der Waals surface area contributed by atoms with Gasteiger partial charge in [0.05, 0.1) is 16.8 Å². The second-order valence-corrected chi connectivity index (χ2v) is 6.91. The van der Waals surface area contributed by atoms with E-state index in [1.54, 1.807) is 11.3 Å². The first-order chi connectivity index (χ1) is 12.3. The molecule has 0 fully saturated rings. The SMILES string of the molecule is O=C(NCCc1c[nH]c2ccccc12)NCc1nc2ccccc2s1. The zero-order valence-electron chi connectivity index (χ0n) is 13.6. The molecule has 4 aromatic rings. The summed E-state index contributed by atoms with van der Waals surface area (Å²) in [4.78, 5) is 19.7. The summed E-state index contributed by atoms with van der Waals surface area (Å²) in [6, 6.07) is 16.0. The molecular weight excluding hydrogens is 332 g/mol. The zero-order chi connectivity index (χ0) is 17.1. The maximum atomic E-state index is 12.0. The van der Waals surface area contributed by atoms with E-state index in [1.807, 2.05) is 42.6 Å². The smallest absolute Gasteiger partial charge is 0.315 e. The molecule has 0 unspecified atom stereocenters. The number of amides is 2. The molecule has 0 saturated heterocycles. The van der Waals surface area contributed by atoms with E-state index >= 15 is 0 Å². The van der Waals surface area contributed by atoms with E-state index in [0.717, 1.165) is 27.2 Å². The number of nitrogens with one attached hydrogen (secondary N) is 3. The van der Waals surface area contributed by atoms with Crippen LogP contribution in [0.3, 0.4) is 0 Å². The highest BCUT2D eigenvalue weighted by atomic mass is 32.1. The first kappa shape index (κ1) is 15.7. The molecule has 3 N–H and O–H groups in total. The Morgan fingerprint density at radius 1 is 1.08 bits per heavy atom. The topological polar surface area (TPSA) is 69.8 Å². The molecule has 2 heterocycles. The maximum Gasteiger partial charge on any atom is 0.315 e. The Morgan fingerprint density at radius 2 is 1.92 bits per heavy atom. The fraction of sp³-hybridized carbons (Fsp3) is 0.158. The third-order valence-electron chi connectivity index (χ3n) is 4.09. The molecular formula is C19H18N4OS. The van der Waals surface area contributed by atoms with E-state index in [2.05, 4.69) is 32.7 Å². The number of para-hydroxylation sites is 2. The van der Waals surface area contributed by atoms with Gasteiger partial charge in [0.2, 0.25) is 0 Å². The number of aromatic nitrogens is 2. The molecule has 0 aliphatic heterocycles. The average Bonchev–Trinajstić information content (AvgIpc) is 3.24. The van der Waals surface area contributed by atoms with Gasteiger partial charge in [-0.1, -0.05) is 30.3 Å². The van der Waals surface area contributed by atoms with Crippen molar-refractivity contribution >= 4 is 38.5 Å². The molecule has 0 aliphatic carbocycles. The first-order valence-electron chi connectivity index (χ1n) is 8.21. The van der Waals surface area contributed by atoms with Gasteiger partial charge < -0.3 is 15.6 Å². The second kappa shape index (κ2) is 6.94. The molecule has 0 spiro atoms. The van der Waals surface area contributed by atoms with Gasteiger partial charge in [-0.2, -0.15) is 0 Å². The number of rotatable bonds is 5. The Hall–Kier alpha value is -2.86.